The molecule has 0 saturated heterocycles. The van der Waals surface area contributed by atoms with Crippen LogP contribution in [0, 0.1) is 0 Å². The van der Waals surface area contributed by atoms with Crippen LogP contribution in [-0.2, 0) is 9.47 Å². The van der Waals surface area contributed by atoms with Gasteiger partial charge in [-0.2, -0.15) is 0 Å². The predicted molar refractivity (Wildman–Crippen MR) is 55.1 cm³/mol. The lowest BCUT2D eigenvalue weighted by molar-refractivity contribution is -0.0231. The van der Waals surface area contributed by atoms with Crippen LogP contribution in [0.2, 0.25) is 0 Å². The van der Waals surface area contributed by atoms with Crippen molar-refractivity contribution in [3.63, 3.8) is 0 Å². The molecule has 0 saturated carbocycles. The van der Waals surface area contributed by atoms with E-state index in [-0.39, 0.29) is 5.60 Å². The van der Waals surface area contributed by atoms with E-state index in [0.717, 1.165) is 32.7 Å². The Labute approximate surface area is 81.8 Å². The van der Waals surface area contributed by atoms with Gasteiger partial charge in [-0.3, -0.25) is 0 Å². The van der Waals surface area contributed by atoms with Crippen molar-refractivity contribution in [1.29, 1.82) is 0 Å². The molecule has 13 heavy (non-hydrogen) atoms. The molecular formula is C10H23NO2. The molecule has 0 unspecified atom stereocenters. The van der Waals surface area contributed by atoms with Crippen LogP contribution in [0.3, 0.4) is 0 Å². The third-order valence-electron chi connectivity index (χ3n) is 1.79. The first-order valence-corrected chi connectivity index (χ1v) is 4.96. The molecule has 0 aliphatic carbocycles. The lowest BCUT2D eigenvalue weighted by Gasteiger charge is -2.25. The van der Waals surface area contributed by atoms with Crippen LogP contribution in [0.5, 0.6) is 0 Å². The minimum absolute atomic E-state index is 0.0657. The number of hydrogen-bond acceptors (Lipinski definition) is 3. The Kier molecular flexibility index (Phi) is 7.23. The molecule has 0 aromatic heterocycles. The van der Waals surface area contributed by atoms with Crippen LogP contribution in [0.1, 0.15) is 27.2 Å². The van der Waals surface area contributed by atoms with Gasteiger partial charge in [0.2, 0.25) is 0 Å². The molecule has 0 aliphatic rings. The average Bonchev–Trinajstić information content (AvgIpc) is 2.09. The van der Waals surface area contributed by atoms with E-state index in [2.05, 4.69) is 26.1 Å². The van der Waals surface area contributed by atoms with E-state index in [1.54, 1.807) is 7.11 Å². The smallest absolute Gasteiger partial charge is 0.0750 e. The van der Waals surface area contributed by atoms with E-state index in [0.29, 0.717) is 0 Å². The highest BCUT2D eigenvalue weighted by Gasteiger charge is 2.16. The van der Waals surface area contributed by atoms with Gasteiger partial charge in [-0.25, -0.2) is 0 Å². The summed E-state index contributed by atoms with van der Waals surface area (Å²) in [5.74, 6) is 0. The zero-order valence-corrected chi connectivity index (χ0v) is 9.35. The van der Waals surface area contributed by atoms with Gasteiger partial charge in [-0.15, -0.1) is 0 Å². The zero-order valence-electron chi connectivity index (χ0n) is 9.35. The monoisotopic (exact) mass is 189 g/mol. The summed E-state index contributed by atoms with van der Waals surface area (Å²) in [7, 11) is 1.71. The normalized spacial score (nSPS) is 12.0. The summed E-state index contributed by atoms with van der Waals surface area (Å²) >= 11 is 0. The number of likely N-dealkylation sites (N-methyl/N-ethyl adjacent to an activating group) is 1. The number of ether oxygens (including phenoxy) is 2. The maximum absolute atomic E-state index is 5.69. The molecule has 0 rings (SSSR count). The van der Waals surface area contributed by atoms with Gasteiger partial charge < -0.3 is 14.8 Å². The maximum Gasteiger partial charge on any atom is 0.0750 e. The molecule has 0 spiro atoms. The minimum Gasteiger partial charge on any atom is -0.385 e. The Bertz CT molecular complexity index is 115. The van der Waals surface area contributed by atoms with Crippen molar-refractivity contribution < 1.29 is 9.47 Å². The molecule has 0 fully saturated rings. The molecule has 0 amide bonds. The van der Waals surface area contributed by atoms with E-state index in [1.807, 2.05) is 0 Å². The molecule has 0 aromatic rings. The highest BCUT2D eigenvalue weighted by atomic mass is 16.5. The summed E-state index contributed by atoms with van der Waals surface area (Å²) in [5.41, 5.74) is -0.0657. The second kappa shape index (κ2) is 7.30. The van der Waals surface area contributed by atoms with Crippen molar-refractivity contribution in [2.24, 2.45) is 0 Å². The number of methoxy groups -OCH3 is 1. The van der Waals surface area contributed by atoms with Gasteiger partial charge in [0.05, 0.1) is 5.60 Å². The van der Waals surface area contributed by atoms with Crippen molar-refractivity contribution in [2.75, 3.05) is 33.4 Å². The fourth-order valence-electron chi connectivity index (χ4n) is 1.03. The highest BCUT2D eigenvalue weighted by molar-refractivity contribution is 4.71. The Morgan fingerprint density at radius 1 is 1.23 bits per heavy atom. The fraction of sp³-hybridized carbons (Fsp3) is 1.00. The van der Waals surface area contributed by atoms with Gasteiger partial charge >= 0.3 is 0 Å². The zero-order chi connectivity index (χ0) is 10.2. The van der Waals surface area contributed by atoms with E-state index < -0.39 is 0 Å². The fourth-order valence-corrected chi connectivity index (χ4v) is 1.03. The molecule has 0 bridgehead atoms. The van der Waals surface area contributed by atoms with Gasteiger partial charge in [0.25, 0.3) is 0 Å². The molecule has 3 heteroatoms. The van der Waals surface area contributed by atoms with Crippen molar-refractivity contribution >= 4 is 0 Å². The van der Waals surface area contributed by atoms with E-state index in [1.165, 1.54) is 0 Å². The molecule has 0 radical (unpaired) electrons. The molecule has 3 nitrogen and oxygen atoms in total. The van der Waals surface area contributed by atoms with Gasteiger partial charge in [0, 0.05) is 26.9 Å². The Balaban J connectivity index is 3.39. The Hall–Kier alpha value is -0.120. The van der Waals surface area contributed by atoms with Crippen LogP contribution < -0.4 is 5.32 Å². The van der Waals surface area contributed by atoms with Crippen molar-refractivity contribution in [3.8, 4) is 0 Å². The van der Waals surface area contributed by atoms with Crippen LogP contribution in [0.15, 0.2) is 0 Å². The number of nitrogens with one attached hydrogen (secondary N) is 1. The quantitative estimate of drug-likeness (QED) is 0.586. The first-order valence-electron chi connectivity index (χ1n) is 4.96. The molecule has 80 valence electrons. The summed E-state index contributed by atoms with van der Waals surface area (Å²) in [4.78, 5) is 0. The molecule has 0 heterocycles. The summed E-state index contributed by atoms with van der Waals surface area (Å²) in [5, 5.41) is 3.27. The van der Waals surface area contributed by atoms with Crippen LogP contribution in [0.25, 0.3) is 0 Å². The van der Waals surface area contributed by atoms with Gasteiger partial charge in [0.1, 0.15) is 0 Å². The first kappa shape index (κ1) is 12.9. The van der Waals surface area contributed by atoms with E-state index in [4.69, 9.17) is 9.47 Å². The second-order valence-electron chi connectivity index (χ2n) is 3.73. The summed E-state index contributed by atoms with van der Waals surface area (Å²) in [6.07, 6.45) is 0.964. The summed E-state index contributed by atoms with van der Waals surface area (Å²) in [6.45, 7) is 9.73. The van der Waals surface area contributed by atoms with Gasteiger partial charge in [-0.1, -0.05) is 6.92 Å². The van der Waals surface area contributed by atoms with Crippen LogP contribution >= 0.6 is 0 Å². The lowest BCUT2D eigenvalue weighted by atomic mass is 10.1. The van der Waals surface area contributed by atoms with Crippen LogP contribution in [-0.4, -0.2) is 39.0 Å². The number of rotatable bonds is 8. The maximum atomic E-state index is 5.69. The largest absolute Gasteiger partial charge is 0.385 e. The Morgan fingerprint density at radius 3 is 2.46 bits per heavy atom. The number of hydrogen-bond donors (Lipinski definition) is 1. The minimum atomic E-state index is -0.0657. The Morgan fingerprint density at radius 2 is 1.92 bits per heavy atom. The third-order valence-corrected chi connectivity index (χ3v) is 1.79. The van der Waals surface area contributed by atoms with Crippen LogP contribution in [0.4, 0.5) is 0 Å². The second-order valence-corrected chi connectivity index (χ2v) is 3.73. The van der Waals surface area contributed by atoms with Gasteiger partial charge in [0.15, 0.2) is 0 Å². The summed E-state index contributed by atoms with van der Waals surface area (Å²) < 4.78 is 10.6. The van der Waals surface area contributed by atoms with Crippen molar-refractivity contribution in [3.05, 3.63) is 0 Å². The molecule has 0 aromatic carbocycles. The highest BCUT2D eigenvalue weighted by Crippen LogP contribution is 2.07. The van der Waals surface area contributed by atoms with E-state index in [9.17, 15) is 0 Å². The summed E-state index contributed by atoms with van der Waals surface area (Å²) in [6, 6.07) is 0. The third kappa shape index (κ3) is 8.22. The first-order chi connectivity index (χ1) is 6.12. The SMILES string of the molecule is CCNCC(C)(C)OCCCOC. The lowest BCUT2D eigenvalue weighted by Crippen LogP contribution is -2.37. The molecule has 0 aliphatic heterocycles. The van der Waals surface area contributed by atoms with Crippen molar-refractivity contribution in [1.82, 2.24) is 5.32 Å². The predicted octanol–water partition coefficient (Wildman–Crippen LogP) is 1.43. The van der Waals surface area contributed by atoms with Gasteiger partial charge in [-0.05, 0) is 26.8 Å². The standard InChI is InChI=1S/C10H23NO2/c1-5-11-9-10(2,3)13-8-6-7-12-4/h11H,5-9H2,1-4H3. The average molecular weight is 189 g/mol. The molecule has 1 N–H and O–H groups in total. The molecular weight excluding hydrogens is 166 g/mol. The van der Waals surface area contributed by atoms with Crippen molar-refractivity contribution in [2.45, 2.75) is 32.8 Å². The molecule has 0 atom stereocenters. The topological polar surface area (TPSA) is 30.5 Å². The van der Waals surface area contributed by atoms with E-state index >= 15 is 0 Å².